The predicted molar refractivity (Wildman–Crippen MR) is 55.0 cm³/mol. The maximum absolute atomic E-state index is 12.6. The van der Waals surface area contributed by atoms with Crippen LogP contribution in [0.2, 0.25) is 0 Å². The van der Waals surface area contributed by atoms with Gasteiger partial charge in [-0.05, 0) is 31.9 Å². The Kier molecular flexibility index (Phi) is 3.16. The van der Waals surface area contributed by atoms with Gasteiger partial charge in [0.1, 0.15) is 11.9 Å². The van der Waals surface area contributed by atoms with Crippen LogP contribution in [0.4, 0.5) is 4.39 Å². The molecule has 0 radical (unpaired) electrons. The molecule has 0 amide bonds. The molecule has 0 bridgehead atoms. The smallest absolute Gasteiger partial charge is 0.213 e. The minimum absolute atomic E-state index is 0.146. The number of nitrogens with two attached hydrogens (primary N) is 1. The van der Waals surface area contributed by atoms with Crippen LogP contribution in [0.3, 0.4) is 0 Å². The van der Waals surface area contributed by atoms with Crippen molar-refractivity contribution in [1.82, 2.24) is 4.98 Å². The first-order chi connectivity index (χ1) is 7.29. The maximum atomic E-state index is 12.6. The Morgan fingerprint density at radius 3 is 3.00 bits per heavy atom. The maximum Gasteiger partial charge on any atom is 0.213 e. The molecule has 1 saturated carbocycles. The fourth-order valence-corrected chi connectivity index (χ4v) is 2.01. The summed E-state index contributed by atoms with van der Waals surface area (Å²) in [6, 6.07) is 2.91. The van der Waals surface area contributed by atoms with Crippen molar-refractivity contribution < 1.29 is 9.13 Å². The van der Waals surface area contributed by atoms with E-state index in [2.05, 4.69) is 4.98 Å². The second-order valence-electron chi connectivity index (χ2n) is 3.90. The molecule has 0 aliphatic heterocycles. The third-order valence-electron chi connectivity index (χ3n) is 2.86. The fourth-order valence-electron chi connectivity index (χ4n) is 2.01. The van der Waals surface area contributed by atoms with Gasteiger partial charge in [0.25, 0.3) is 0 Å². The molecule has 15 heavy (non-hydrogen) atoms. The molecule has 1 aromatic heterocycles. The van der Waals surface area contributed by atoms with Crippen molar-refractivity contribution >= 4 is 0 Å². The third kappa shape index (κ3) is 2.45. The van der Waals surface area contributed by atoms with E-state index in [-0.39, 0.29) is 11.9 Å². The highest BCUT2D eigenvalue weighted by Gasteiger charge is 2.27. The second kappa shape index (κ2) is 4.57. The lowest BCUT2D eigenvalue weighted by molar-refractivity contribution is 0.155. The summed E-state index contributed by atoms with van der Waals surface area (Å²) >= 11 is 0. The quantitative estimate of drug-likeness (QED) is 0.826. The summed E-state index contributed by atoms with van der Waals surface area (Å²) in [5.74, 6) is 0.558. The summed E-state index contributed by atoms with van der Waals surface area (Å²) in [6.45, 7) is 0.645. The number of pyridine rings is 1. The Morgan fingerprint density at radius 1 is 1.47 bits per heavy atom. The molecule has 2 atom stereocenters. The van der Waals surface area contributed by atoms with Crippen molar-refractivity contribution in [2.45, 2.75) is 25.4 Å². The Balaban J connectivity index is 1.99. The van der Waals surface area contributed by atoms with Crippen LogP contribution in [0.15, 0.2) is 18.3 Å². The van der Waals surface area contributed by atoms with Gasteiger partial charge in [-0.1, -0.05) is 0 Å². The number of hydrogen-bond donors (Lipinski definition) is 1. The van der Waals surface area contributed by atoms with Crippen LogP contribution >= 0.6 is 0 Å². The van der Waals surface area contributed by atoms with Gasteiger partial charge in [-0.25, -0.2) is 9.37 Å². The van der Waals surface area contributed by atoms with Crippen LogP contribution in [-0.4, -0.2) is 17.6 Å². The first kappa shape index (κ1) is 10.4. The van der Waals surface area contributed by atoms with Gasteiger partial charge in [0.05, 0.1) is 6.20 Å². The standard InChI is InChI=1S/C11H15FN2O/c12-9-4-5-11(14-7-9)15-10-3-1-2-8(10)6-13/h4-5,7-8,10H,1-3,6,13H2. The summed E-state index contributed by atoms with van der Waals surface area (Å²) in [5.41, 5.74) is 5.64. The normalized spacial score (nSPS) is 25.5. The summed E-state index contributed by atoms with van der Waals surface area (Å²) in [6.07, 6.45) is 4.59. The third-order valence-corrected chi connectivity index (χ3v) is 2.86. The predicted octanol–water partition coefficient (Wildman–Crippen LogP) is 1.73. The van der Waals surface area contributed by atoms with Crippen LogP contribution < -0.4 is 10.5 Å². The van der Waals surface area contributed by atoms with Gasteiger partial charge in [0.2, 0.25) is 5.88 Å². The molecule has 4 heteroatoms. The monoisotopic (exact) mass is 210 g/mol. The van der Waals surface area contributed by atoms with Crippen molar-refractivity contribution in [1.29, 1.82) is 0 Å². The van der Waals surface area contributed by atoms with Crippen LogP contribution in [0.1, 0.15) is 19.3 Å². The van der Waals surface area contributed by atoms with Gasteiger partial charge in [0.15, 0.2) is 0 Å². The lowest BCUT2D eigenvalue weighted by Gasteiger charge is -2.18. The highest BCUT2D eigenvalue weighted by molar-refractivity contribution is 5.11. The van der Waals surface area contributed by atoms with Crippen molar-refractivity contribution in [3.63, 3.8) is 0 Å². The van der Waals surface area contributed by atoms with Gasteiger partial charge in [-0.3, -0.25) is 0 Å². The lowest BCUT2D eigenvalue weighted by atomic mass is 10.1. The van der Waals surface area contributed by atoms with Crippen molar-refractivity contribution in [2.75, 3.05) is 6.54 Å². The summed E-state index contributed by atoms with van der Waals surface area (Å²) in [7, 11) is 0. The van der Waals surface area contributed by atoms with Gasteiger partial charge in [0, 0.05) is 12.0 Å². The van der Waals surface area contributed by atoms with Gasteiger partial charge in [-0.2, -0.15) is 0 Å². The summed E-state index contributed by atoms with van der Waals surface area (Å²) in [5, 5.41) is 0. The highest BCUT2D eigenvalue weighted by Crippen LogP contribution is 2.28. The SMILES string of the molecule is NCC1CCCC1Oc1ccc(F)cn1. The van der Waals surface area contributed by atoms with Crippen molar-refractivity contribution in [3.8, 4) is 5.88 Å². The van der Waals surface area contributed by atoms with E-state index in [4.69, 9.17) is 10.5 Å². The first-order valence-electron chi connectivity index (χ1n) is 5.28. The molecule has 3 nitrogen and oxygen atoms in total. The molecule has 0 saturated heterocycles. The molecule has 82 valence electrons. The average Bonchev–Trinajstić information content (AvgIpc) is 2.69. The number of rotatable bonds is 3. The van der Waals surface area contributed by atoms with E-state index in [0.29, 0.717) is 18.3 Å². The van der Waals surface area contributed by atoms with Crippen LogP contribution in [0.25, 0.3) is 0 Å². The summed E-state index contributed by atoms with van der Waals surface area (Å²) < 4.78 is 18.3. The molecule has 1 aliphatic carbocycles. The molecule has 2 unspecified atom stereocenters. The van der Waals surface area contributed by atoms with Crippen LogP contribution in [0.5, 0.6) is 5.88 Å². The molecular formula is C11H15FN2O. The molecule has 0 aromatic carbocycles. The molecule has 0 spiro atoms. The highest BCUT2D eigenvalue weighted by atomic mass is 19.1. The number of hydrogen-bond acceptors (Lipinski definition) is 3. The molecule has 1 heterocycles. The zero-order valence-corrected chi connectivity index (χ0v) is 8.53. The molecule has 1 aliphatic rings. The number of halogens is 1. The Hall–Kier alpha value is -1.16. The number of ether oxygens (including phenoxy) is 1. The second-order valence-corrected chi connectivity index (χ2v) is 3.90. The molecule has 2 rings (SSSR count). The zero-order valence-electron chi connectivity index (χ0n) is 8.53. The Labute approximate surface area is 88.5 Å². The topological polar surface area (TPSA) is 48.1 Å². The minimum Gasteiger partial charge on any atom is -0.474 e. The van der Waals surface area contributed by atoms with Gasteiger partial charge < -0.3 is 10.5 Å². The number of aromatic nitrogens is 1. The lowest BCUT2D eigenvalue weighted by Crippen LogP contribution is -2.27. The van der Waals surface area contributed by atoms with E-state index in [1.807, 2.05) is 0 Å². The molecule has 1 fully saturated rings. The number of nitrogens with zero attached hydrogens (tertiary/aromatic N) is 1. The fraction of sp³-hybridized carbons (Fsp3) is 0.545. The molecule has 2 N–H and O–H groups in total. The van der Waals surface area contributed by atoms with Gasteiger partial charge >= 0.3 is 0 Å². The molecular weight excluding hydrogens is 195 g/mol. The van der Waals surface area contributed by atoms with E-state index in [0.717, 1.165) is 19.3 Å². The minimum atomic E-state index is -0.343. The van der Waals surface area contributed by atoms with E-state index in [1.165, 1.54) is 12.3 Å². The van der Waals surface area contributed by atoms with Crippen molar-refractivity contribution in [2.24, 2.45) is 11.7 Å². The van der Waals surface area contributed by atoms with E-state index in [9.17, 15) is 4.39 Å². The van der Waals surface area contributed by atoms with E-state index < -0.39 is 0 Å². The van der Waals surface area contributed by atoms with Crippen LogP contribution in [-0.2, 0) is 0 Å². The zero-order chi connectivity index (χ0) is 10.7. The average molecular weight is 210 g/mol. The largest absolute Gasteiger partial charge is 0.474 e. The van der Waals surface area contributed by atoms with E-state index in [1.54, 1.807) is 6.07 Å². The van der Waals surface area contributed by atoms with Crippen molar-refractivity contribution in [3.05, 3.63) is 24.1 Å². The Bertz CT molecular complexity index is 315. The first-order valence-corrected chi connectivity index (χ1v) is 5.28. The summed E-state index contributed by atoms with van der Waals surface area (Å²) in [4.78, 5) is 3.87. The van der Waals surface area contributed by atoms with Gasteiger partial charge in [-0.15, -0.1) is 0 Å². The Morgan fingerprint density at radius 2 is 2.33 bits per heavy atom. The molecule has 1 aromatic rings. The van der Waals surface area contributed by atoms with E-state index >= 15 is 0 Å². The van der Waals surface area contributed by atoms with Crippen LogP contribution in [0, 0.1) is 11.7 Å².